The summed E-state index contributed by atoms with van der Waals surface area (Å²) in [5, 5.41) is 3.48. The van der Waals surface area contributed by atoms with E-state index in [1.165, 1.54) is 5.56 Å². The average molecular weight is 312 g/mol. The highest BCUT2D eigenvalue weighted by Crippen LogP contribution is 2.21. The normalized spacial score (nSPS) is 13.3. The Hall–Kier alpha value is -0.763. The predicted molar refractivity (Wildman–Crippen MR) is 86.9 cm³/mol. The standard InChI is InChI=1S/C15H28N2O3Si/c1-18-21(19-2,20-3)13-15(9-10-16)12-17-11-14-7-5-4-6-8-14/h4-8,15,17H,9-13,16H2,1-3H3. The summed E-state index contributed by atoms with van der Waals surface area (Å²) in [6, 6.07) is 11.1. The molecule has 0 aliphatic rings. The highest BCUT2D eigenvalue weighted by molar-refractivity contribution is 6.60. The lowest BCUT2D eigenvalue weighted by atomic mass is 10.1. The molecule has 5 nitrogen and oxygen atoms in total. The minimum absolute atomic E-state index is 0.380. The van der Waals surface area contributed by atoms with Crippen LogP contribution in [0.2, 0.25) is 6.04 Å². The van der Waals surface area contributed by atoms with Gasteiger partial charge in [0, 0.05) is 33.9 Å². The first-order chi connectivity index (χ1) is 10.2. The van der Waals surface area contributed by atoms with Crippen molar-refractivity contribution in [2.24, 2.45) is 11.7 Å². The predicted octanol–water partition coefficient (Wildman–Crippen LogP) is 1.62. The number of rotatable bonds is 11. The Labute approximate surface area is 129 Å². The largest absolute Gasteiger partial charge is 0.500 e. The van der Waals surface area contributed by atoms with E-state index in [-0.39, 0.29) is 0 Å². The maximum Gasteiger partial charge on any atom is 0.500 e. The van der Waals surface area contributed by atoms with E-state index in [0.29, 0.717) is 12.5 Å². The van der Waals surface area contributed by atoms with Crippen molar-refractivity contribution in [2.75, 3.05) is 34.4 Å². The summed E-state index contributed by atoms with van der Waals surface area (Å²) in [6.07, 6.45) is 0.923. The van der Waals surface area contributed by atoms with Crippen molar-refractivity contribution in [3.8, 4) is 0 Å². The lowest BCUT2D eigenvalue weighted by Gasteiger charge is -2.28. The minimum atomic E-state index is -2.54. The lowest BCUT2D eigenvalue weighted by Crippen LogP contribution is -2.46. The van der Waals surface area contributed by atoms with Crippen LogP contribution >= 0.6 is 0 Å². The number of benzene rings is 1. The Balaban J connectivity index is 2.49. The summed E-state index contributed by atoms with van der Waals surface area (Å²) in [4.78, 5) is 0. The van der Waals surface area contributed by atoms with Crippen molar-refractivity contribution in [3.05, 3.63) is 35.9 Å². The van der Waals surface area contributed by atoms with Crippen LogP contribution in [0, 0.1) is 5.92 Å². The van der Waals surface area contributed by atoms with Gasteiger partial charge in [-0.3, -0.25) is 0 Å². The van der Waals surface area contributed by atoms with E-state index in [4.69, 9.17) is 19.0 Å². The van der Waals surface area contributed by atoms with E-state index < -0.39 is 8.80 Å². The zero-order chi connectivity index (χ0) is 15.6. The van der Waals surface area contributed by atoms with Gasteiger partial charge in [0.25, 0.3) is 0 Å². The van der Waals surface area contributed by atoms with Crippen molar-refractivity contribution in [2.45, 2.75) is 19.0 Å². The minimum Gasteiger partial charge on any atom is -0.377 e. The molecule has 21 heavy (non-hydrogen) atoms. The molecule has 0 heterocycles. The van der Waals surface area contributed by atoms with E-state index in [9.17, 15) is 0 Å². The first-order valence-electron chi connectivity index (χ1n) is 7.30. The number of hydrogen-bond acceptors (Lipinski definition) is 5. The highest BCUT2D eigenvalue weighted by atomic mass is 28.4. The van der Waals surface area contributed by atoms with Gasteiger partial charge in [0.2, 0.25) is 0 Å². The molecule has 1 aromatic carbocycles. The third kappa shape index (κ3) is 6.25. The van der Waals surface area contributed by atoms with E-state index in [0.717, 1.165) is 25.6 Å². The molecular weight excluding hydrogens is 284 g/mol. The molecule has 0 aliphatic carbocycles. The molecule has 0 fully saturated rings. The Bertz CT molecular complexity index is 366. The van der Waals surface area contributed by atoms with E-state index >= 15 is 0 Å². The van der Waals surface area contributed by atoms with E-state index in [2.05, 4.69) is 17.4 Å². The summed E-state index contributed by atoms with van der Waals surface area (Å²) in [7, 11) is 2.40. The first kappa shape index (κ1) is 18.3. The fraction of sp³-hybridized carbons (Fsp3) is 0.600. The highest BCUT2D eigenvalue weighted by Gasteiger charge is 2.40. The van der Waals surface area contributed by atoms with Gasteiger partial charge in [-0.1, -0.05) is 30.3 Å². The topological polar surface area (TPSA) is 65.7 Å². The van der Waals surface area contributed by atoms with Gasteiger partial charge in [-0.05, 0) is 31.0 Å². The molecular formula is C15H28N2O3Si. The van der Waals surface area contributed by atoms with Gasteiger partial charge >= 0.3 is 8.80 Å². The molecule has 6 heteroatoms. The molecule has 0 aliphatic heterocycles. The zero-order valence-electron chi connectivity index (χ0n) is 13.3. The molecule has 0 aromatic heterocycles. The maximum atomic E-state index is 5.72. The van der Waals surface area contributed by atoms with Crippen LogP contribution in [0.15, 0.2) is 30.3 Å². The van der Waals surface area contributed by atoms with Gasteiger partial charge in [0.1, 0.15) is 0 Å². The van der Waals surface area contributed by atoms with Crippen LogP contribution in [0.5, 0.6) is 0 Å². The smallest absolute Gasteiger partial charge is 0.377 e. The monoisotopic (exact) mass is 312 g/mol. The van der Waals surface area contributed by atoms with Crippen LogP contribution in [-0.4, -0.2) is 43.2 Å². The van der Waals surface area contributed by atoms with Gasteiger partial charge in [0.05, 0.1) is 0 Å². The molecule has 1 rings (SSSR count). The SMILES string of the molecule is CO[Si](CC(CCN)CNCc1ccccc1)(OC)OC. The molecule has 0 spiro atoms. The molecule has 0 saturated carbocycles. The maximum absolute atomic E-state index is 5.72. The molecule has 0 radical (unpaired) electrons. The van der Waals surface area contributed by atoms with Crippen LogP contribution in [0.25, 0.3) is 0 Å². The van der Waals surface area contributed by atoms with Gasteiger partial charge in [-0.25, -0.2) is 0 Å². The Morgan fingerprint density at radius 1 is 1.10 bits per heavy atom. The second-order valence-corrected chi connectivity index (χ2v) is 8.06. The quantitative estimate of drug-likeness (QED) is 0.608. The van der Waals surface area contributed by atoms with Crippen LogP contribution in [0.4, 0.5) is 0 Å². The Kier molecular flexibility index (Phi) is 8.75. The molecule has 0 amide bonds. The number of nitrogens with one attached hydrogen (secondary N) is 1. The summed E-state index contributed by atoms with van der Waals surface area (Å²) < 4.78 is 16.5. The molecule has 1 unspecified atom stereocenters. The van der Waals surface area contributed by atoms with Crippen LogP contribution in [0.1, 0.15) is 12.0 Å². The average Bonchev–Trinajstić information content (AvgIpc) is 2.54. The van der Waals surface area contributed by atoms with Crippen molar-refractivity contribution < 1.29 is 13.3 Å². The van der Waals surface area contributed by atoms with Crippen molar-refractivity contribution in [1.82, 2.24) is 5.32 Å². The Morgan fingerprint density at radius 2 is 1.71 bits per heavy atom. The van der Waals surface area contributed by atoms with Crippen molar-refractivity contribution >= 4 is 8.80 Å². The second kappa shape index (κ2) is 10.0. The number of hydrogen-bond donors (Lipinski definition) is 2. The molecule has 1 atom stereocenters. The Morgan fingerprint density at radius 3 is 2.24 bits per heavy atom. The third-order valence-corrected chi connectivity index (χ3v) is 6.59. The summed E-state index contributed by atoms with van der Waals surface area (Å²) in [6.45, 7) is 2.37. The first-order valence-corrected chi connectivity index (χ1v) is 9.23. The zero-order valence-corrected chi connectivity index (χ0v) is 14.3. The summed E-state index contributed by atoms with van der Waals surface area (Å²) >= 11 is 0. The fourth-order valence-corrected chi connectivity index (χ4v) is 4.44. The van der Waals surface area contributed by atoms with E-state index in [1.807, 2.05) is 18.2 Å². The molecule has 0 bridgehead atoms. The van der Waals surface area contributed by atoms with Gasteiger partial charge in [-0.15, -0.1) is 0 Å². The van der Waals surface area contributed by atoms with E-state index in [1.54, 1.807) is 21.3 Å². The van der Waals surface area contributed by atoms with Crippen molar-refractivity contribution in [3.63, 3.8) is 0 Å². The third-order valence-electron chi connectivity index (χ3n) is 3.65. The molecule has 0 saturated heterocycles. The molecule has 3 N–H and O–H groups in total. The summed E-state index contributed by atoms with van der Waals surface area (Å²) in [5.74, 6) is 0.380. The van der Waals surface area contributed by atoms with Gasteiger partial charge < -0.3 is 24.3 Å². The van der Waals surface area contributed by atoms with Crippen LogP contribution < -0.4 is 11.1 Å². The molecule has 120 valence electrons. The van der Waals surface area contributed by atoms with Gasteiger partial charge in [0.15, 0.2) is 0 Å². The second-order valence-electron chi connectivity index (χ2n) is 5.06. The molecule has 1 aromatic rings. The number of nitrogens with two attached hydrogens (primary N) is 1. The van der Waals surface area contributed by atoms with Crippen LogP contribution in [0.3, 0.4) is 0 Å². The summed E-state index contributed by atoms with van der Waals surface area (Å²) in [5.41, 5.74) is 7.00. The van der Waals surface area contributed by atoms with Crippen LogP contribution in [-0.2, 0) is 19.8 Å². The van der Waals surface area contributed by atoms with Gasteiger partial charge in [-0.2, -0.15) is 0 Å². The lowest BCUT2D eigenvalue weighted by molar-refractivity contribution is 0.117. The fourth-order valence-electron chi connectivity index (χ4n) is 2.38. The van der Waals surface area contributed by atoms with Crippen molar-refractivity contribution in [1.29, 1.82) is 0 Å².